The summed E-state index contributed by atoms with van der Waals surface area (Å²) in [5, 5.41) is 11.6. The SMILES string of the molecule is Cc1ccc(F)cc1S(=O)(=O)NC(C(N)=NO)C1CC1. The molecule has 1 fully saturated rings. The van der Waals surface area contributed by atoms with E-state index in [2.05, 4.69) is 9.88 Å². The highest BCUT2D eigenvalue weighted by molar-refractivity contribution is 7.89. The van der Waals surface area contributed by atoms with Gasteiger partial charge in [-0.25, -0.2) is 17.5 Å². The van der Waals surface area contributed by atoms with Gasteiger partial charge in [0, 0.05) is 0 Å². The van der Waals surface area contributed by atoms with Crippen LogP contribution in [0.2, 0.25) is 0 Å². The minimum Gasteiger partial charge on any atom is -0.409 e. The highest BCUT2D eigenvalue weighted by Gasteiger charge is 2.37. The summed E-state index contributed by atoms with van der Waals surface area (Å²) in [7, 11) is -3.93. The number of oxime groups is 1. The number of amidine groups is 1. The Kier molecular flexibility index (Phi) is 3.96. The van der Waals surface area contributed by atoms with Crippen LogP contribution in [0.4, 0.5) is 4.39 Å². The first-order valence-corrected chi connectivity index (χ1v) is 7.59. The van der Waals surface area contributed by atoms with E-state index >= 15 is 0 Å². The highest BCUT2D eigenvalue weighted by Crippen LogP contribution is 2.33. The Labute approximate surface area is 116 Å². The second-order valence-electron chi connectivity index (χ2n) is 4.87. The Morgan fingerprint density at radius 2 is 2.20 bits per heavy atom. The summed E-state index contributed by atoms with van der Waals surface area (Å²) < 4.78 is 40.2. The third kappa shape index (κ3) is 3.07. The fraction of sp³-hybridized carbons (Fsp3) is 0.417. The van der Waals surface area contributed by atoms with Gasteiger partial charge >= 0.3 is 0 Å². The lowest BCUT2D eigenvalue weighted by Crippen LogP contribution is -2.46. The number of hydrogen-bond donors (Lipinski definition) is 3. The van der Waals surface area contributed by atoms with E-state index < -0.39 is 21.9 Å². The monoisotopic (exact) mass is 301 g/mol. The fourth-order valence-corrected chi connectivity index (χ4v) is 3.52. The Morgan fingerprint density at radius 1 is 1.55 bits per heavy atom. The Hall–Kier alpha value is -1.67. The summed E-state index contributed by atoms with van der Waals surface area (Å²) >= 11 is 0. The zero-order valence-electron chi connectivity index (χ0n) is 10.9. The lowest BCUT2D eigenvalue weighted by molar-refractivity contribution is 0.314. The van der Waals surface area contributed by atoms with Crippen molar-refractivity contribution in [2.75, 3.05) is 0 Å². The first kappa shape index (κ1) is 14.7. The molecule has 1 aliphatic rings. The van der Waals surface area contributed by atoms with Gasteiger partial charge in [0.1, 0.15) is 5.82 Å². The van der Waals surface area contributed by atoms with Crippen LogP contribution in [0, 0.1) is 18.7 Å². The van der Waals surface area contributed by atoms with Gasteiger partial charge in [-0.1, -0.05) is 11.2 Å². The van der Waals surface area contributed by atoms with Gasteiger partial charge in [-0.3, -0.25) is 0 Å². The molecule has 1 aromatic rings. The summed E-state index contributed by atoms with van der Waals surface area (Å²) in [5.41, 5.74) is 5.93. The second kappa shape index (κ2) is 5.37. The van der Waals surface area contributed by atoms with Gasteiger partial charge in [-0.05, 0) is 43.4 Å². The molecule has 0 saturated heterocycles. The van der Waals surface area contributed by atoms with Crippen molar-refractivity contribution in [3.05, 3.63) is 29.6 Å². The van der Waals surface area contributed by atoms with Crippen LogP contribution in [0.5, 0.6) is 0 Å². The van der Waals surface area contributed by atoms with E-state index in [1.54, 1.807) is 6.92 Å². The van der Waals surface area contributed by atoms with E-state index in [9.17, 15) is 12.8 Å². The molecule has 1 atom stereocenters. The number of halogens is 1. The molecule has 1 unspecified atom stereocenters. The molecule has 110 valence electrons. The Balaban J connectivity index is 2.32. The number of benzene rings is 1. The van der Waals surface area contributed by atoms with E-state index in [0.29, 0.717) is 5.56 Å². The normalized spacial score (nSPS) is 18.0. The molecule has 2 rings (SSSR count). The third-order valence-corrected chi connectivity index (χ3v) is 4.83. The molecule has 20 heavy (non-hydrogen) atoms. The highest BCUT2D eigenvalue weighted by atomic mass is 32.2. The third-order valence-electron chi connectivity index (χ3n) is 3.25. The molecule has 0 aromatic heterocycles. The number of aryl methyl sites for hydroxylation is 1. The molecule has 1 saturated carbocycles. The first-order chi connectivity index (χ1) is 9.35. The summed E-state index contributed by atoms with van der Waals surface area (Å²) in [6, 6.07) is 2.76. The molecule has 0 bridgehead atoms. The molecular weight excluding hydrogens is 285 g/mol. The second-order valence-corrected chi connectivity index (χ2v) is 6.55. The van der Waals surface area contributed by atoms with Crippen molar-refractivity contribution < 1.29 is 18.0 Å². The maximum atomic E-state index is 13.2. The van der Waals surface area contributed by atoms with Crippen LogP contribution in [-0.2, 0) is 10.0 Å². The van der Waals surface area contributed by atoms with E-state index in [4.69, 9.17) is 10.9 Å². The van der Waals surface area contributed by atoms with Crippen molar-refractivity contribution in [2.24, 2.45) is 16.8 Å². The molecule has 0 radical (unpaired) electrons. The topological polar surface area (TPSA) is 105 Å². The van der Waals surface area contributed by atoms with Gasteiger partial charge in [0.25, 0.3) is 0 Å². The molecule has 0 amide bonds. The lowest BCUT2D eigenvalue weighted by Gasteiger charge is -2.17. The standard InChI is InChI=1S/C12H16FN3O3S/c1-7-2-5-9(13)6-10(7)20(18,19)16-11(8-3-4-8)12(14)15-17/h2,5-6,8,11,16-17H,3-4H2,1H3,(H2,14,15). The zero-order chi connectivity index (χ0) is 14.9. The van der Waals surface area contributed by atoms with E-state index in [0.717, 1.165) is 18.9 Å². The number of nitrogens with zero attached hydrogens (tertiary/aromatic N) is 1. The minimum absolute atomic E-state index is 0.00883. The minimum atomic E-state index is -3.93. The first-order valence-electron chi connectivity index (χ1n) is 6.11. The van der Waals surface area contributed by atoms with Crippen molar-refractivity contribution >= 4 is 15.9 Å². The van der Waals surface area contributed by atoms with Gasteiger partial charge in [0.05, 0.1) is 10.9 Å². The smallest absolute Gasteiger partial charge is 0.241 e. The summed E-state index contributed by atoms with van der Waals surface area (Å²) in [6.45, 7) is 1.57. The quantitative estimate of drug-likeness (QED) is 0.326. The van der Waals surface area contributed by atoms with Crippen LogP contribution in [0.25, 0.3) is 0 Å². The van der Waals surface area contributed by atoms with E-state index in [1.807, 2.05) is 0 Å². The fourth-order valence-electron chi connectivity index (χ4n) is 1.98. The summed E-state index contributed by atoms with van der Waals surface area (Å²) in [4.78, 5) is -0.145. The van der Waals surface area contributed by atoms with Gasteiger partial charge < -0.3 is 10.9 Å². The van der Waals surface area contributed by atoms with Crippen LogP contribution in [0.15, 0.2) is 28.3 Å². The molecule has 6 nitrogen and oxygen atoms in total. The zero-order valence-corrected chi connectivity index (χ0v) is 11.7. The predicted molar refractivity (Wildman–Crippen MR) is 71.4 cm³/mol. The molecule has 8 heteroatoms. The molecule has 0 heterocycles. The number of sulfonamides is 1. The Morgan fingerprint density at radius 3 is 2.75 bits per heavy atom. The van der Waals surface area contributed by atoms with E-state index in [-0.39, 0.29) is 16.6 Å². The van der Waals surface area contributed by atoms with Gasteiger partial charge in [0.2, 0.25) is 10.0 Å². The van der Waals surface area contributed by atoms with Crippen LogP contribution >= 0.6 is 0 Å². The Bertz CT molecular complexity index is 641. The van der Waals surface area contributed by atoms with Gasteiger partial charge in [-0.15, -0.1) is 0 Å². The number of nitrogens with two attached hydrogens (primary N) is 1. The average Bonchev–Trinajstić information content (AvgIpc) is 3.22. The average molecular weight is 301 g/mol. The number of nitrogens with one attached hydrogen (secondary N) is 1. The molecule has 0 spiro atoms. The van der Waals surface area contributed by atoms with Gasteiger partial charge in [0.15, 0.2) is 5.84 Å². The van der Waals surface area contributed by atoms with Crippen LogP contribution in [0.3, 0.4) is 0 Å². The van der Waals surface area contributed by atoms with Crippen LogP contribution in [-0.4, -0.2) is 25.5 Å². The van der Waals surface area contributed by atoms with Crippen molar-refractivity contribution in [2.45, 2.75) is 30.7 Å². The van der Waals surface area contributed by atoms with Crippen molar-refractivity contribution in [1.82, 2.24) is 4.72 Å². The van der Waals surface area contributed by atoms with Gasteiger partial charge in [-0.2, -0.15) is 0 Å². The molecule has 0 aliphatic heterocycles. The number of hydrogen-bond acceptors (Lipinski definition) is 4. The summed E-state index contributed by atoms with van der Waals surface area (Å²) in [6.07, 6.45) is 1.59. The van der Waals surface area contributed by atoms with Crippen molar-refractivity contribution in [1.29, 1.82) is 0 Å². The number of rotatable bonds is 5. The molecule has 1 aliphatic carbocycles. The van der Waals surface area contributed by atoms with Crippen molar-refractivity contribution in [3.8, 4) is 0 Å². The molecular formula is C12H16FN3O3S. The summed E-state index contributed by atoms with van der Waals surface area (Å²) in [5.74, 6) is -0.817. The molecule has 1 aromatic carbocycles. The maximum Gasteiger partial charge on any atom is 0.241 e. The van der Waals surface area contributed by atoms with E-state index in [1.165, 1.54) is 12.1 Å². The van der Waals surface area contributed by atoms with Crippen LogP contribution < -0.4 is 10.5 Å². The predicted octanol–water partition coefficient (Wildman–Crippen LogP) is 0.937. The lowest BCUT2D eigenvalue weighted by atomic mass is 10.2. The van der Waals surface area contributed by atoms with Crippen LogP contribution in [0.1, 0.15) is 18.4 Å². The largest absolute Gasteiger partial charge is 0.409 e. The molecule has 4 N–H and O–H groups in total. The maximum absolute atomic E-state index is 13.2. The van der Waals surface area contributed by atoms with Crippen molar-refractivity contribution in [3.63, 3.8) is 0 Å².